The Morgan fingerprint density at radius 2 is 2.18 bits per heavy atom. The van der Waals surface area contributed by atoms with Gasteiger partial charge >= 0.3 is 0 Å². The molecule has 3 heteroatoms. The van der Waals surface area contributed by atoms with Crippen molar-refractivity contribution in [3.05, 3.63) is 35.1 Å². The van der Waals surface area contributed by atoms with Crippen molar-refractivity contribution in [1.29, 1.82) is 0 Å². The van der Waals surface area contributed by atoms with Crippen LogP contribution >= 0.6 is 22.9 Å². The molecule has 0 N–H and O–H groups in total. The molecule has 2 rings (SSSR count). The summed E-state index contributed by atoms with van der Waals surface area (Å²) in [6.07, 6.45) is 0. The third kappa shape index (κ3) is 1.27. The number of benzene rings is 1. The van der Waals surface area contributed by atoms with Crippen molar-refractivity contribution < 1.29 is 4.39 Å². The van der Waals surface area contributed by atoms with Crippen LogP contribution in [0.4, 0.5) is 4.39 Å². The molecule has 1 aromatic carbocycles. The zero-order valence-corrected chi connectivity index (χ0v) is 8.01. The van der Waals surface area contributed by atoms with Gasteiger partial charge in [0.25, 0.3) is 0 Å². The molecule has 0 spiro atoms. The maximum absolute atomic E-state index is 13.0. The summed E-state index contributed by atoms with van der Waals surface area (Å²) in [5.74, 6) is -0.0679. The van der Waals surface area contributed by atoms with Gasteiger partial charge in [-0.15, -0.1) is 0 Å². The van der Waals surface area contributed by atoms with Gasteiger partial charge in [0, 0.05) is 41.5 Å². The number of nitrogens with zero attached hydrogens (tertiary/aromatic N) is 1. The molecule has 1 aromatic rings. The van der Waals surface area contributed by atoms with E-state index in [1.54, 1.807) is 6.07 Å². The van der Waals surface area contributed by atoms with E-state index in [0.717, 1.165) is 24.2 Å². The Hall–Kier alpha value is -0.160. The zero-order valence-electron chi connectivity index (χ0n) is 5.85. The van der Waals surface area contributed by atoms with Crippen molar-refractivity contribution in [2.24, 2.45) is 0 Å². The minimum atomic E-state index is -0.0679. The minimum absolute atomic E-state index is 0.0679. The highest BCUT2D eigenvalue weighted by Gasteiger charge is 2.19. The van der Waals surface area contributed by atoms with Crippen LogP contribution in [0.3, 0.4) is 0 Å². The molecule has 1 heterocycles. The lowest BCUT2D eigenvalue weighted by Gasteiger charge is -1.99. The van der Waals surface area contributed by atoms with Crippen LogP contribution in [0, 0.1) is 5.82 Å². The molecule has 11 heavy (non-hydrogen) atoms. The molecule has 0 saturated heterocycles. The summed E-state index contributed by atoms with van der Waals surface area (Å²) >= 11 is 2.21. The van der Waals surface area contributed by atoms with Crippen molar-refractivity contribution in [1.82, 2.24) is 3.11 Å². The number of hydrogen-bond acceptors (Lipinski definition) is 1. The molecular weight excluding hydrogens is 256 g/mol. The van der Waals surface area contributed by atoms with Gasteiger partial charge in [0.15, 0.2) is 0 Å². The maximum Gasteiger partial charge on any atom is 0.128 e. The summed E-state index contributed by atoms with van der Waals surface area (Å²) < 4.78 is 15.1. The third-order valence-corrected chi connectivity index (χ3v) is 2.57. The fourth-order valence-electron chi connectivity index (χ4n) is 1.34. The first-order valence-electron chi connectivity index (χ1n) is 3.44. The van der Waals surface area contributed by atoms with E-state index in [9.17, 15) is 4.39 Å². The van der Waals surface area contributed by atoms with Crippen LogP contribution in [0.5, 0.6) is 0 Å². The molecular formula is C8H7FIN. The van der Waals surface area contributed by atoms with E-state index in [1.807, 2.05) is 6.07 Å². The highest BCUT2D eigenvalue weighted by Crippen LogP contribution is 2.26. The average molecular weight is 263 g/mol. The van der Waals surface area contributed by atoms with Crippen molar-refractivity contribution >= 4 is 22.9 Å². The van der Waals surface area contributed by atoms with Gasteiger partial charge in [0.1, 0.15) is 5.82 Å². The standard InChI is InChI=1S/C8H7FIN/c9-8-3-1-2-6-4-11(10)5-7(6)8/h1-3H,4-5H2. The predicted octanol–water partition coefficient (Wildman–Crippen LogP) is 2.49. The molecule has 1 aliphatic rings. The Morgan fingerprint density at radius 1 is 1.36 bits per heavy atom. The van der Waals surface area contributed by atoms with E-state index < -0.39 is 0 Å². The summed E-state index contributed by atoms with van der Waals surface area (Å²) in [6, 6.07) is 5.27. The molecule has 0 radical (unpaired) electrons. The molecule has 0 aromatic heterocycles. The molecule has 0 aliphatic carbocycles. The number of hydrogen-bond donors (Lipinski definition) is 0. The van der Waals surface area contributed by atoms with Crippen molar-refractivity contribution in [2.45, 2.75) is 13.1 Å². The van der Waals surface area contributed by atoms with Crippen LogP contribution in [0.15, 0.2) is 18.2 Å². The van der Waals surface area contributed by atoms with Gasteiger partial charge in [-0.25, -0.2) is 7.50 Å². The van der Waals surface area contributed by atoms with Crippen LogP contribution in [0.1, 0.15) is 11.1 Å². The Labute approximate surface area is 78.7 Å². The van der Waals surface area contributed by atoms with Crippen LogP contribution < -0.4 is 0 Å². The second kappa shape index (κ2) is 2.71. The first-order chi connectivity index (χ1) is 5.27. The van der Waals surface area contributed by atoms with E-state index in [-0.39, 0.29) is 5.82 Å². The largest absolute Gasteiger partial charge is 0.239 e. The molecule has 0 saturated carbocycles. The fourth-order valence-corrected chi connectivity index (χ4v) is 2.05. The van der Waals surface area contributed by atoms with Gasteiger partial charge < -0.3 is 0 Å². The number of rotatable bonds is 0. The first kappa shape index (κ1) is 7.49. The zero-order chi connectivity index (χ0) is 7.84. The Balaban J connectivity index is 2.49. The predicted molar refractivity (Wildman–Crippen MR) is 49.7 cm³/mol. The van der Waals surface area contributed by atoms with E-state index >= 15 is 0 Å². The Morgan fingerprint density at radius 3 is 2.91 bits per heavy atom. The van der Waals surface area contributed by atoms with Crippen LogP contribution in [0.25, 0.3) is 0 Å². The third-order valence-electron chi connectivity index (χ3n) is 1.89. The van der Waals surface area contributed by atoms with Crippen molar-refractivity contribution in [2.75, 3.05) is 0 Å². The summed E-state index contributed by atoms with van der Waals surface area (Å²) in [6.45, 7) is 1.61. The van der Waals surface area contributed by atoms with Gasteiger partial charge in [-0.2, -0.15) is 0 Å². The van der Waals surface area contributed by atoms with Gasteiger partial charge in [0.05, 0.1) is 0 Å². The molecule has 0 unspecified atom stereocenters. The quantitative estimate of drug-likeness (QED) is 0.513. The van der Waals surface area contributed by atoms with E-state index in [1.165, 1.54) is 6.07 Å². The van der Waals surface area contributed by atoms with E-state index in [0.29, 0.717) is 0 Å². The van der Waals surface area contributed by atoms with Gasteiger partial charge in [-0.05, 0) is 11.6 Å². The van der Waals surface area contributed by atoms with Crippen molar-refractivity contribution in [3.63, 3.8) is 0 Å². The summed E-state index contributed by atoms with van der Waals surface area (Å²) in [5, 5.41) is 0. The normalized spacial score (nSPS) is 16.9. The van der Waals surface area contributed by atoms with Crippen LogP contribution in [-0.4, -0.2) is 3.11 Å². The molecule has 0 fully saturated rings. The molecule has 58 valence electrons. The Kier molecular flexibility index (Phi) is 1.85. The molecule has 1 aliphatic heterocycles. The number of halogens is 2. The monoisotopic (exact) mass is 263 g/mol. The summed E-state index contributed by atoms with van der Waals surface area (Å²) in [4.78, 5) is 0. The highest BCUT2D eigenvalue weighted by molar-refractivity contribution is 14.1. The average Bonchev–Trinajstić information content (AvgIpc) is 2.31. The Bertz CT molecular complexity index is 287. The van der Waals surface area contributed by atoms with Crippen LogP contribution in [-0.2, 0) is 13.1 Å². The van der Waals surface area contributed by atoms with Crippen molar-refractivity contribution in [3.8, 4) is 0 Å². The second-order valence-corrected chi connectivity index (χ2v) is 4.02. The van der Waals surface area contributed by atoms with E-state index in [2.05, 4.69) is 26.0 Å². The topological polar surface area (TPSA) is 3.24 Å². The molecule has 1 nitrogen and oxygen atoms in total. The maximum atomic E-state index is 13.0. The van der Waals surface area contributed by atoms with Gasteiger partial charge in [-0.1, -0.05) is 12.1 Å². The smallest absolute Gasteiger partial charge is 0.128 e. The summed E-state index contributed by atoms with van der Waals surface area (Å²) in [7, 11) is 0. The van der Waals surface area contributed by atoms with Gasteiger partial charge in [-0.3, -0.25) is 0 Å². The lowest BCUT2D eigenvalue weighted by molar-refractivity contribution is 0.538. The second-order valence-electron chi connectivity index (χ2n) is 2.66. The number of fused-ring (bicyclic) bond motifs is 1. The van der Waals surface area contributed by atoms with Crippen LogP contribution in [0.2, 0.25) is 0 Å². The minimum Gasteiger partial charge on any atom is -0.239 e. The highest BCUT2D eigenvalue weighted by atomic mass is 127. The molecule has 0 amide bonds. The van der Waals surface area contributed by atoms with E-state index in [4.69, 9.17) is 0 Å². The molecule has 0 bridgehead atoms. The summed E-state index contributed by atoms with van der Waals surface area (Å²) in [5.41, 5.74) is 1.99. The lowest BCUT2D eigenvalue weighted by Crippen LogP contribution is -1.98. The van der Waals surface area contributed by atoms with Gasteiger partial charge in [0.2, 0.25) is 0 Å². The lowest BCUT2D eigenvalue weighted by atomic mass is 10.1. The molecule has 0 atom stereocenters. The SMILES string of the molecule is Fc1cccc2c1CN(I)C2. The fraction of sp³-hybridized carbons (Fsp3) is 0.250. The first-order valence-corrected chi connectivity index (χ1v) is 4.41.